The van der Waals surface area contributed by atoms with Gasteiger partial charge in [-0.2, -0.15) is 5.10 Å². The van der Waals surface area contributed by atoms with Gasteiger partial charge in [0, 0.05) is 17.5 Å². The highest BCUT2D eigenvalue weighted by Crippen LogP contribution is 2.24. The molecule has 0 spiro atoms. The van der Waals surface area contributed by atoms with Crippen molar-refractivity contribution in [2.45, 2.75) is 0 Å². The van der Waals surface area contributed by atoms with Crippen molar-refractivity contribution in [1.82, 2.24) is 15.7 Å². The maximum absolute atomic E-state index is 10.6. The molecule has 0 atom stereocenters. The maximum Gasteiger partial charge on any atom is 0.212 e. The summed E-state index contributed by atoms with van der Waals surface area (Å²) in [5.41, 5.74) is 8.95. The van der Waals surface area contributed by atoms with Gasteiger partial charge in [-0.05, 0) is 23.6 Å². The Morgan fingerprint density at radius 1 is 1.47 bits per heavy atom. The van der Waals surface area contributed by atoms with Crippen LogP contribution < -0.4 is 16.5 Å². The van der Waals surface area contributed by atoms with Gasteiger partial charge in [0.15, 0.2) is 5.84 Å². The number of carbonyl (C=O) groups is 1. The zero-order valence-electron chi connectivity index (χ0n) is 10.1. The molecule has 2 aromatic rings. The summed E-state index contributed by atoms with van der Waals surface area (Å²) in [6.07, 6.45) is 0.528. The normalized spacial score (nSPS) is 11.4. The minimum absolute atomic E-state index is 0.293. The van der Waals surface area contributed by atoms with Crippen molar-refractivity contribution in [2.75, 3.05) is 12.8 Å². The lowest BCUT2D eigenvalue weighted by atomic mass is 10.1. The molecule has 1 amide bonds. The molecule has 0 aliphatic rings. The highest BCUT2D eigenvalue weighted by Gasteiger charge is 2.09. The first kappa shape index (κ1) is 13.1. The van der Waals surface area contributed by atoms with Crippen LogP contribution in [0.4, 0.5) is 5.82 Å². The van der Waals surface area contributed by atoms with Crippen molar-refractivity contribution in [2.24, 2.45) is 5.10 Å². The molecule has 4 N–H and O–H groups in total. The molecule has 98 valence electrons. The summed E-state index contributed by atoms with van der Waals surface area (Å²) in [6.45, 7) is 0. The van der Waals surface area contributed by atoms with E-state index in [0.29, 0.717) is 28.8 Å². The van der Waals surface area contributed by atoms with E-state index in [9.17, 15) is 4.79 Å². The fourth-order valence-electron chi connectivity index (χ4n) is 1.70. The third-order valence-corrected chi connectivity index (χ3v) is 2.72. The van der Waals surface area contributed by atoms with E-state index in [1.807, 2.05) is 6.07 Å². The molecule has 1 aromatic carbocycles. The highest BCUT2D eigenvalue weighted by molar-refractivity contribution is 6.31. The molecule has 0 aliphatic heterocycles. The van der Waals surface area contributed by atoms with Crippen LogP contribution in [0.2, 0.25) is 5.02 Å². The second-order valence-electron chi connectivity index (χ2n) is 3.70. The van der Waals surface area contributed by atoms with Gasteiger partial charge >= 0.3 is 0 Å². The quantitative estimate of drug-likeness (QED) is 0.339. The Labute approximate surface area is 114 Å². The first-order chi connectivity index (χ1) is 9.15. The molecule has 6 nitrogen and oxygen atoms in total. The van der Waals surface area contributed by atoms with E-state index in [1.54, 1.807) is 25.2 Å². The lowest BCUT2D eigenvalue weighted by molar-refractivity contribution is -0.108. The zero-order valence-corrected chi connectivity index (χ0v) is 10.9. The lowest BCUT2D eigenvalue weighted by Gasteiger charge is -2.08. The smallest absolute Gasteiger partial charge is 0.212 e. The van der Waals surface area contributed by atoms with E-state index >= 15 is 0 Å². The van der Waals surface area contributed by atoms with Gasteiger partial charge in [0.05, 0.1) is 0 Å². The largest absolute Gasteiger partial charge is 0.383 e. The van der Waals surface area contributed by atoms with Gasteiger partial charge < -0.3 is 16.5 Å². The number of nitrogen functional groups attached to an aromatic ring is 1. The van der Waals surface area contributed by atoms with Crippen LogP contribution in [-0.2, 0) is 4.79 Å². The van der Waals surface area contributed by atoms with Gasteiger partial charge in [-0.3, -0.25) is 4.79 Å². The number of anilines is 1. The number of fused-ring (bicyclic) bond motifs is 1. The number of hydrogen-bond donors (Lipinski definition) is 3. The summed E-state index contributed by atoms with van der Waals surface area (Å²) >= 11 is 5.92. The number of rotatable bonds is 3. The second-order valence-corrected chi connectivity index (χ2v) is 4.14. The van der Waals surface area contributed by atoms with Gasteiger partial charge in [0.25, 0.3) is 0 Å². The highest BCUT2D eigenvalue weighted by atomic mass is 35.5. The number of hydrogen-bond acceptors (Lipinski definition) is 5. The molecule has 0 radical (unpaired) electrons. The molecule has 0 unspecified atom stereocenters. The summed E-state index contributed by atoms with van der Waals surface area (Å²) in [6, 6.07) is 7.10. The van der Waals surface area contributed by atoms with Gasteiger partial charge in [0.1, 0.15) is 11.5 Å². The number of amides is 1. The SMILES string of the molecule is CN/N=C(\NC=O)c1cc2ccc(Cl)cc2c(N)n1. The van der Waals surface area contributed by atoms with E-state index in [2.05, 4.69) is 20.8 Å². The number of nitrogens with one attached hydrogen (secondary N) is 2. The average molecular weight is 278 g/mol. The number of nitrogens with zero attached hydrogens (tertiary/aromatic N) is 2. The molecule has 7 heteroatoms. The Morgan fingerprint density at radius 2 is 2.26 bits per heavy atom. The van der Waals surface area contributed by atoms with Crippen LogP contribution in [-0.4, -0.2) is 24.3 Å². The minimum Gasteiger partial charge on any atom is -0.383 e. The topological polar surface area (TPSA) is 92.4 Å². The van der Waals surface area contributed by atoms with Gasteiger partial charge in [-0.25, -0.2) is 4.98 Å². The summed E-state index contributed by atoms with van der Waals surface area (Å²) in [5, 5.41) is 8.60. The van der Waals surface area contributed by atoms with Crippen LogP contribution in [0.15, 0.2) is 29.4 Å². The number of carbonyl (C=O) groups excluding carboxylic acids is 1. The van der Waals surface area contributed by atoms with E-state index in [1.165, 1.54) is 0 Å². The summed E-state index contributed by atoms with van der Waals surface area (Å²) < 4.78 is 0. The predicted molar refractivity (Wildman–Crippen MR) is 76.0 cm³/mol. The molecule has 0 saturated carbocycles. The van der Waals surface area contributed by atoms with Crippen molar-refractivity contribution in [3.63, 3.8) is 0 Å². The average Bonchev–Trinajstić information content (AvgIpc) is 2.39. The molecule has 19 heavy (non-hydrogen) atoms. The van der Waals surface area contributed by atoms with Gasteiger partial charge in [-0.1, -0.05) is 17.7 Å². The Hall–Kier alpha value is -2.34. The Kier molecular flexibility index (Phi) is 3.82. The van der Waals surface area contributed by atoms with Crippen molar-refractivity contribution < 1.29 is 4.79 Å². The van der Waals surface area contributed by atoms with Crippen LogP contribution >= 0.6 is 11.6 Å². The Balaban J connectivity index is 2.59. The number of aromatic nitrogens is 1. The zero-order chi connectivity index (χ0) is 13.8. The van der Waals surface area contributed by atoms with Crippen LogP contribution in [0, 0.1) is 0 Å². The standard InChI is InChI=1S/C12H12ClN5O/c1-15-18-12(16-6-19)10-4-7-2-3-8(13)5-9(7)11(14)17-10/h2-6,15H,1H3,(H2,14,17)(H,16,18,19). The molecular formula is C12H12ClN5O. The minimum atomic E-state index is 0.293. The third kappa shape index (κ3) is 2.74. The first-order valence-electron chi connectivity index (χ1n) is 5.46. The van der Waals surface area contributed by atoms with E-state index in [-0.39, 0.29) is 0 Å². The molecule has 0 bridgehead atoms. The van der Waals surface area contributed by atoms with Gasteiger partial charge in [0.2, 0.25) is 6.41 Å². The number of nitrogens with two attached hydrogens (primary N) is 1. The summed E-state index contributed by atoms with van der Waals surface area (Å²) in [5.74, 6) is 0.618. The predicted octanol–water partition coefficient (Wildman–Crippen LogP) is 1.10. The molecule has 0 saturated heterocycles. The molecule has 2 rings (SSSR count). The maximum atomic E-state index is 10.6. The number of hydrazone groups is 1. The summed E-state index contributed by atoms with van der Waals surface area (Å²) in [4.78, 5) is 14.8. The van der Waals surface area contributed by atoms with E-state index in [4.69, 9.17) is 17.3 Å². The summed E-state index contributed by atoms with van der Waals surface area (Å²) in [7, 11) is 1.62. The third-order valence-electron chi connectivity index (χ3n) is 2.49. The fourth-order valence-corrected chi connectivity index (χ4v) is 1.87. The van der Waals surface area contributed by atoms with Crippen LogP contribution in [0.3, 0.4) is 0 Å². The van der Waals surface area contributed by atoms with Crippen LogP contribution in [0.5, 0.6) is 0 Å². The molecule has 0 aliphatic carbocycles. The van der Waals surface area contributed by atoms with Crippen molar-refractivity contribution in [3.8, 4) is 0 Å². The first-order valence-corrected chi connectivity index (χ1v) is 5.84. The number of pyridine rings is 1. The number of halogens is 1. The van der Waals surface area contributed by atoms with Crippen molar-refractivity contribution in [3.05, 3.63) is 35.0 Å². The van der Waals surface area contributed by atoms with Crippen molar-refractivity contribution in [1.29, 1.82) is 0 Å². The molecule has 1 heterocycles. The Morgan fingerprint density at radius 3 is 2.95 bits per heavy atom. The monoisotopic (exact) mass is 277 g/mol. The van der Waals surface area contributed by atoms with Crippen molar-refractivity contribution >= 4 is 40.4 Å². The Bertz CT molecular complexity index is 656. The van der Waals surface area contributed by atoms with Crippen LogP contribution in [0.1, 0.15) is 5.69 Å². The number of amidine groups is 1. The second kappa shape index (κ2) is 5.53. The van der Waals surface area contributed by atoms with E-state index in [0.717, 1.165) is 10.8 Å². The van der Waals surface area contributed by atoms with Crippen LogP contribution in [0.25, 0.3) is 10.8 Å². The fraction of sp³-hybridized carbons (Fsp3) is 0.0833. The van der Waals surface area contributed by atoms with Gasteiger partial charge in [-0.15, -0.1) is 0 Å². The molecule has 0 fully saturated rings. The number of benzene rings is 1. The molecular weight excluding hydrogens is 266 g/mol. The molecule has 1 aromatic heterocycles. The van der Waals surface area contributed by atoms with E-state index < -0.39 is 0 Å². The lowest BCUT2D eigenvalue weighted by Crippen LogP contribution is -2.26.